The smallest absolute Gasteiger partial charge is 0.322 e. The zero-order valence-corrected chi connectivity index (χ0v) is 11.3. The maximum atomic E-state index is 5.66. The predicted octanol–water partition coefficient (Wildman–Crippen LogP) is 1.51. The minimum absolute atomic E-state index is 0.214. The molecule has 0 radical (unpaired) electrons. The summed E-state index contributed by atoms with van der Waals surface area (Å²) < 4.78 is 10.7. The molecular formula is C11H18N4O2S. The van der Waals surface area contributed by atoms with Gasteiger partial charge >= 0.3 is 6.01 Å². The molecule has 2 rings (SSSR count). The van der Waals surface area contributed by atoms with Gasteiger partial charge in [-0.15, -0.1) is 0 Å². The standard InChI is InChI=1S/C11H18N4O2S/c1-2-5-17-10-13-9(12)14-11(15-10)18-8-3-6-16-7-4-8/h8H,2-7H2,1H3,(H2,12,13,14,15). The Morgan fingerprint density at radius 2 is 2.11 bits per heavy atom. The summed E-state index contributed by atoms with van der Waals surface area (Å²) in [4.78, 5) is 12.4. The molecule has 0 spiro atoms. The van der Waals surface area contributed by atoms with Crippen LogP contribution >= 0.6 is 11.8 Å². The van der Waals surface area contributed by atoms with Gasteiger partial charge in [0.05, 0.1) is 6.61 Å². The number of anilines is 1. The SMILES string of the molecule is CCCOc1nc(N)nc(SC2CCOCC2)n1. The fourth-order valence-corrected chi connectivity index (χ4v) is 2.61. The topological polar surface area (TPSA) is 83.2 Å². The van der Waals surface area contributed by atoms with Crippen LogP contribution in [0.1, 0.15) is 26.2 Å². The quantitative estimate of drug-likeness (QED) is 0.868. The van der Waals surface area contributed by atoms with Gasteiger partial charge in [0.25, 0.3) is 0 Å². The molecule has 0 aliphatic carbocycles. The van der Waals surface area contributed by atoms with Crippen LogP contribution in [0.5, 0.6) is 6.01 Å². The number of nitrogens with two attached hydrogens (primary N) is 1. The number of aromatic nitrogens is 3. The van der Waals surface area contributed by atoms with Crippen molar-refractivity contribution in [1.82, 2.24) is 15.0 Å². The number of rotatable bonds is 5. The minimum Gasteiger partial charge on any atom is -0.463 e. The third kappa shape index (κ3) is 3.99. The molecule has 0 aromatic carbocycles. The molecule has 7 heteroatoms. The first-order chi connectivity index (χ1) is 8.78. The number of ether oxygens (including phenoxy) is 2. The molecule has 2 N–H and O–H groups in total. The lowest BCUT2D eigenvalue weighted by Crippen LogP contribution is -2.18. The number of hydrogen-bond donors (Lipinski definition) is 1. The Bertz CT molecular complexity index is 385. The van der Waals surface area contributed by atoms with Crippen molar-refractivity contribution in [3.8, 4) is 6.01 Å². The minimum atomic E-state index is 0.214. The van der Waals surface area contributed by atoms with Gasteiger partial charge in [0.2, 0.25) is 5.95 Å². The van der Waals surface area contributed by atoms with E-state index in [1.807, 2.05) is 6.92 Å². The zero-order chi connectivity index (χ0) is 12.8. The molecule has 0 amide bonds. The second-order valence-corrected chi connectivity index (χ2v) is 5.30. The molecule has 1 aliphatic rings. The van der Waals surface area contributed by atoms with E-state index < -0.39 is 0 Å². The lowest BCUT2D eigenvalue weighted by Gasteiger charge is -2.20. The number of thioether (sulfide) groups is 1. The maximum absolute atomic E-state index is 5.66. The lowest BCUT2D eigenvalue weighted by molar-refractivity contribution is 0.1000. The van der Waals surface area contributed by atoms with Crippen LogP contribution < -0.4 is 10.5 Å². The molecule has 0 unspecified atom stereocenters. The molecule has 6 nitrogen and oxygen atoms in total. The van der Waals surface area contributed by atoms with E-state index in [0.29, 0.717) is 23.0 Å². The van der Waals surface area contributed by atoms with Crippen molar-refractivity contribution in [1.29, 1.82) is 0 Å². The van der Waals surface area contributed by atoms with E-state index in [4.69, 9.17) is 15.2 Å². The molecule has 1 saturated heterocycles. The van der Waals surface area contributed by atoms with Crippen molar-refractivity contribution in [3.63, 3.8) is 0 Å². The highest BCUT2D eigenvalue weighted by atomic mass is 32.2. The Balaban J connectivity index is 1.99. The largest absolute Gasteiger partial charge is 0.463 e. The summed E-state index contributed by atoms with van der Waals surface area (Å²) in [6.07, 6.45) is 2.94. The first-order valence-electron chi connectivity index (χ1n) is 6.16. The van der Waals surface area contributed by atoms with Gasteiger partial charge in [-0.1, -0.05) is 18.7 Å². The van der Waals surface area contributed by atoms with Crippen LogP contribution in [0, 0.1) is 0 Å². The Morgan fingerprint density at radius 3 is 2.83 bits per heavy atom. The Morgan fingerprint density at radius 1 is 1.33 bits per heavy atom. The van der Waals surface area contributed by atoms with E-state index in [1.54, 1.807) is 11.8 Å². The van der Waals surface area contributed by atoms with Crippen LogP contribution in [-0.4, -0.2) is 40.0 Å². The second-order valence-electron chi connectivity index (χ2n) is 4.04. The first-order valence-corrected chi connectivity index (χ1v) is 7.04. The highest BCUT2D eigenvalue weighted by molar-refractivity contribution is 7.99. The molecule has 1 aromatic rings. The van der Waals surface area contributed by atoms with Gasteiger partial charge in [-0.05, 0) is 19.3 Å². The summed E-state index contributed by atoms with van der Waals surface area (Å²) in [7, 11) is 0. The van der Waals surface area contributed by atoms with Gasteiger partial charge in [-0.2, -0.15) is 15.0 Å². The molecule has 1 fully saturated rings. The van der Waals surface area contributed by atoms with E-state index in [2.05, 4.69) is 15.0 Å². The number of hydrogen-bond acceptors (Lipinski definition) is 7. The summed E-state index contributed by atoms with van der Waals surface area (Å²) >= 11 is 1.62. The van der Waals surface area contributed by atoms with Gasteiger partial charge in [-0.3, -0.25) is 0 Å². The van der Waals surface area contributed by atoms with Gasteiger partial charge in [0.1, 0.15) is 0 Å². The van der Waals surface area contributed by atoms with Crippen molar-refractivity contribution in [2.75, 3.05) is 25.6 Å². The molecule has 2 heterocycles. The van der Waals surface area contributed by atoms with Crippen molar-refractivity contribution < 1.29 is 9.47 Å². The molecular weight excluding hydrogens is 252 g/mol. The molecule has 18 heavy (non-hydrogen) atoms. The number of nitrogens with zero attached hydrogens (tertiary/aromatic N) is 3. The van der Waals surface area contributed by atoms with Crippen LogP contribution in [0.15, 0.2) is 5.16 Å². The fraction of sp³-hybridized carbons (Fsp3) is 0.727. The fourth-order valence-electron chi connectivity index (χ4n) is 1.61. The highest BCUT2D eigenvalue weighted by Crippen LogP contribution is 2.28. The van der Waals surface area contributed by atoms with Crippen LogP contribution in [0.25, 0.3) is 0 Å². The lowest BCUT2D eigenvalue weighted by atomic mass is 10.2. The average Bonchev–Trinajstić information content (AvgIpc) is 2.37. The Labute approximate surface area is 111 Å². The highest BCUT2D eigenvalue weighted by Gasteiger charge is 2.17. The molecule has 0 saturated carbocycles. The first kappa shape index (κ1) is 13.4. The van der Waals surface area contributed by atoms with E-state index in [9.17, 15) is 0 Å². The summed E-state index contributed by atoms with van der Waals surface area (Å²) in [6, 6.07) is 0.318. The summed E-state index contributed by atoms with van der Waals surface area (Å²) in [6.45, 7) is 4.22. The van der Waals surface area contributed by atoms with Crippen LogP contribution in [0.2, 0.25) is 0 Å². The van der Waals surface area contributed by atoms with Crippen LogP contribution in [0.4, 0.5) is 5.95 Å². The van der Waals surface area contributed by atoms with E-state index in [-0.39, 0.29) is 5.95 Å². The monoisotopic (exact) mass is 270 g/mol. The summed E-state index contributed by atoms with van der Waals surface area (Å²) in [5, 5.41) is 1.13. The Kier molecular flexibility index (Phi) is 5.00. The normalized spacial score (nSPS) is 16.7. The van der Waals surface area contributed by atoms with Crippen LogP contribution in [-0.2, 0) is 4.74 Å². The van der Waals surface area contributed by atoms with Crippen molar-refractivity contribution in [2.45, 2.75) is 36.6 Å². The van der Waals surface area contributed by atoms with E-state index in [1.165, 1.54) is 0 Å². The zero-order valence-electron chi connectivity index (χ0n) is 10.5. The molecule has 0 atom stereocenters. The van der Waals surface area contributed by atoms with Gasteiger partial charge < -0.3 is 15.2 Å². The maximum Gasteiger partial charge on any atom is 0.322 e. The van der Waals surface area contributed by atoms with Crippen molar-refractivity contribution >= 4 is 17.7 Å². The van der Waals surface area contributed by atoms with E-state index in [0.717, 1.165) is 32.5 Å². The van der Waals surface area contributed by atoms with Gasteiger partial charge in [0.15, 0.2) is 5.16 Å². The average molecular weight is 270 g/mol. The number of nitrogen functional groups attached to an aromatic ring is 1. The van der Waals surface area contributed by atoms with Gasteiger partial charge in [0, 0.05) is 18.5 Å². The van der Waals surface area contributed by atoms with Crippen molar-refractivity contribution in [2.24, 2.45) is 0 Å². The third-order valence-electron chi connectivity index (χ3n) is 2.49. The van der Waals surface area contributed by atoms with Crippen LogP contribution in [0.3, 0.4) is 0 Å². The molecule has 1 aromatic heterocycles. The van der Waals surface area contributed by atoms with Crippen molar-refractivity contribution in [3.05, 3.63) is 0 Å². The molecule has 1 aliphatic heterocycles. The summed E-state index contributed by atoms with van der Waals surface area (Å²) in [5.41, 5.74) is 5.66. The Hall–Kier alpha value is -1.08. The molecule has 100 valence electrons. The molecule has 0 bridgehead atoms. The second kappa shape index (κ2) is 6.75. The predicted molar refractivity (Wildman–Crippen MR) is 69.7 cm³/mol. The third-order valence-corrected chi connectivity index (χ3v) is 3.69. The summed E-state index contributed by atoms with van der Waals surface area (Å²) in [5.74, 6) is 0.214. The van der Waals surface area contributed by atoms with Gasteiger partial charge in [-0.25, -0.2) is 0 Å². The van der Waals surface area contributed by atoms with E-state index >= 15 is 0 Å².